The third-order valence-electron chi connectivity index (χ3n) is 3.28. The molecule has 0 amide bonds. The van der Waals surface area contributed by atoms with E-state index >= 15 is 0 Å². The molecule has 0 spiro atoms. The summed E-state index contributed by atoms with van der Waals surface area (Å²) in [5.74, 6) is -1.53. The van der Waals surface area contributed by atoms with Crippen LogP contribution in [0, 0.1) is 6.92 Å². The predicted molar refractivity (Wildman–Crippen MR) is 78.3 cm³/mol. The molecule has 2 rings (SSSR count). The molecular weight excluding hydrogens is 274 g/mol. The van der Waals surface area contributed by atoms with Gasteiger partial charge in [-0.05, 0) is 24.6 Å². The fraction of sp³-hybridized carbons (Fsp3) is 0.200. The Hall–Kier alpha value is -2.76. The Kier molecular flexibility index (Phi) is 3.71. The van der Waals surface area contributed by atoms with E-state index in [2.05, 4.69) is 6.58 Å². The molecule has 0 fully saturated rings. The summed E-state index contributed by atoms with van der Waals surface area (Å²) in [6.45, 7) is 5.50. The Morgan fingerprint density at radius 1 is 1.48 bits per heavy atom. The molecule has 110 valence electrons. The number of ether oxygens (including phenoxy) is 1. The molecule has 0 radical (unpaired) electrons. The van der Waals surface area contributed by atoms with Gasteiger partial charge < -0.3 is 19.5 Å². The van der Waals surface area contributed by atoms with Crippen LogP contribution in [0.25, 0.3) is 10.9 Å². The summed E-state index contributed by atoms with van der Waals surface area (Å²) in [5.41, 5.74) is -0.224. The number of allylic oxidation sites excluding steroid dienone is 1. The van der Waals surface area contributed by atoms with Gasteiger partial charge in [-0.1, -0.05) is 6.08 Å². The first-order chi connectivity index (χ1) is 9.92. The smallest absolute Gasteiger partial charge is 0.345 e. The number of rotatable bonds is 4. The fourth-order valence-electron chi connectivity index (χ4n) is 2.29. The van der Waals surface area contributed by atoms with Crippen molar-refractivity contribution in [3.63, 3.8) is 0 Å². The lowest BCUT2D eigenvalue weighted by molar-refractivity contribution is 0.0691. The predicted octanol–water partition coefficient (Wildman–Crippen LogP) is 1.91. The van der Waals surface area contributed by atoms with E-state index in [9.17, 15) is 14.7 Å². The van der Waals surface area contributed by atoms with Crippen molar-refractivity contribution in [2.75, 3.05) is 7.11 Å². The molecule has 0 bridgehead atoms. The molecule has 0 saturated carbocycles. The lowest BCUT2D eigenvalue weighted by atomic mass is 10.1. The van der Waals surface area contributed by atoms with Crippen LogP contribution in [0.1, 0.15) is 15.9 Å². The second-order valence-corrected chi connectivity index (χ2v) is 4.57. The topological polar surface area (TPSA) is 88.8 Å². The Bertz CT molecular complexity index is 804. The van der Waals surface area contributed by atoms with Gasteiger partial charge in [0.05, 0.1) is 12.6 Å². The number of aromatic hydroxyl groups is 1. The lowest BCUT2D eigenvalue weighted by Gasteiger charge is -2.14. The highest BCUT2D eigenvalue weighted by atomic mass is 16.5. The van der Waals surface area contributed by atoms with Crippen LogP contribution in [-0.2, 0) is 6.54 Å². The number of hydrogen-bond donors (Lipinski definition) is 2. The number of fused-ring (bicyclic) bond motifs is 1. The van der Waals surface area contributed by atoms with Crippen LogP contribution in [0.15, 0.2) is 29.6 Å². The molecule has 6 nitrogen and oxygen atoms in total. The van der Waals surface area contributed by atoms with Gasteiger partial charge >= 0.3 is 5.97 Å². The molecule has 0 aliphatic heterocycles. The maximum Gasteiger partial charge on any atom is 0.345 e. The first-order valence-electron chi connectivity index (χ1n) is 6.20. The number of carboxylic acid groups (broad SMARTS) is 1. The Morgan fingerprint density at radius 3 is 2.67 bits per heavy atom. The van der Waals surface area contributed by atoms with Gasteiger partial charge in [-0.15, -0.1) is 6.58 Å². The number of methoxy groups -OCH3 is 1. The van der Waals surface area contributed by atoms with Crippen molar-refractivity contribution in [2.24, 2.45) is 0 Å². The van der Waals surface area contributed by atoms with Gasteiger partial charge in [0.25, 0.3) is 5.56 Å². The minimum Gasteiger partial charge on any atom is -0.506 e. The van der Waals surface area contributed by atoms with Crippen molar-refractivity contribution in [2.45, 2.75) is 13.5 Å². The SMILES string of the molecule is C=CCn1c(=O)c(C(=O)O)c(O)c2cc(OC)c(C)cc21. The number of aryl methyl sites for hydroxylation is 1. The zero-order valence-corrected chi connectivity index (χ0v) is 11.7. The maximum absolute atomic E-state index is 12.2. The normalized spacial score (nSPS) is 10.6. The average molecular weight is 289 g/mol. The zero-order chi connectivity index (χ0) is 15.7. The summed E-state index contributed by atoms with van der Waals surface area (Å²) in [7, 11) is 1.48. The quantitative estimate of drug-likeness (QED) is 0.839. The van der Waals surface area contributed by atoms with Gasteiger partial charge in [-0.2, -0.15) is 0 Å². The number of aromatic nitrogens is 1. The number of benzene rings is 1. The highest BCUT2D eigenvalue weighted by Gasteiger charge is 2.22. The van der Waals surface area contributed by atoms with E-state index in [1.165, 1.54) is 23.8 Å². The summed E-state index contributed by atoms with van der Waals surface area (Å²) in [5, 5.41) is 19.5. The Labute approximate surface area is 120 Å². The van der Waals surface area contributed by atoms with E-state index < -0.39 is 22.8 Å². The monoisotopic (exact) mass is 289 g/mol. The van der Waals surface area contributed by atoms with Gasteiger partial charge in [-0.3, -0.25) is 4.79 Å². The molecular formula is C15H15NO5. The summed E-state index contributed by atoms with van der Waals surface area (Å²) in [6.07, 6.45) is 1.49. The summed E-state index contributed by atoms with van der Waals surface area (Å²) in [4.78, 5) is 23.5. The third kappa shape index (κ3) is 2.24. The number of carbonyl (C=O) groups is 1. The summed E-state index contributed by atoms with van der Waals surface area (Å²) < 4.78 is 6.43. The van der Waals surface area contributed by atoms with Crippen LogP contribution >= 0.6 is 0 Å². The van der Waals surface area contributed by atoms with Crippen LogP contribution in [0.2, 0.25) is 0 Å². The van der Waals surface area contributed by atoms with Crippen LogP contribution in [0.3, 0.4) is 0 Å². The molecule has 0 saturated heterocycles. The molecule has 2 aromatic rings. The van der Waals surface area contributed by atoms with Gasteiger partial charge in [-0.25, -0.2) is 4.79 Å². The minimum absolute atomic E-state index is 0.141. The second-order valence-electron chi connectivity index (χ2n) is 4.57. The second kappa shape index (κ2) is 5.32. The van der Waals surface area contributed by atoms with Gasteiger partial charge in [0.15, 0.2) is 5.56 Å². The molecule has 0 atom stereocenters. The van der Waals surface area contributed by atoms with Gasteiger partial charge in [0.1, 0.15) is 11.5 Å². The van der Waals surface area contributed by atoms with E-state index in [0.29, 0.717) is 11.3 Å². The third-order valence-corrected chi connectivity index (χ3v) is 3.28. The molecule has 1 aromatic carbocycles. The Morgan fingerprint density at radius 2 is 2.14 bits per heavy atom. The lowest BCUT2D eigenvalue weighted by Crippen LogP contribution is -2.26. The highest BCUT2D eigenvalue weighted by Crippen LogP contribution is 2.32. The van der Waals surface area contributed by atoms with Gasteiger partial charge in [0, 0.05) is 11.9 Å². The van der Waals surface area contributed by atoms with Crippen LogP contribution in [0.5, 0.6) is 11.5 Å². The molecule has 0 aliphatic carbocycles. The number of aromatic carboxylic acids is 1. The summed E-state index contributed by atoms with van der Waals surface area (Å²) in [6, 6.07) is 3.19. The van der Waals surface area contributed by atoms with Crippen LogP contribution < -0.4 is 10.3 Å². The van der Waals surface area contributed by atoms with E-state index in [0.717, 1.165) is 5.56 Å². The Balaban J connectivity index is 3.04. The van der Waals surface area contributed by atoms with Gasteiger partial charge in [0.2, 0.25) is 0 Å². The molecule has 1 aromatic heterocycles. The van der Waals surface area contributed by atoms with E-state index in [1.807, 2.05) is 0 Å². The highest BCUT2D eigenvalue weighted by molar-refractivity contribution is 5.99. The largest absolute Gasteiger partial charge is 0.506 e. The van der Waals surface area contributed by atoms with E-state index in [4.69, 9.17) is 9.84 Å². The number of nitrogens with zero attached hydrogens (tertiary/aromatic N) is 1. The van der Waals surface area contributed by atoms with Crippen LogP contribution in [0.4, 0.5) is 0 Å². The maximum atomic E-state index is 12.2. The van der Waals surface area contributed by atoms with Crippen molar-refractivity contribution in [3.05, 3.63) is 46.3 Å². The molecule has 1 heterocycles. The minimum atomic E-state index is -1.48. The molecule has 0 unspecified atom stereocenters. The first-order valence-corrected chi connectivity index (χ1v) is 6.20. The molecule has 6 heteroatoms. The van der Waals surface area contributed by atoms with Crippen LogP contribution in [-0.4, -0.2) is 27.9 Å². The van der Waals surface area contributed by atoms with Crippen molar-refractivity contribution in [1.29, 1.82) is 0 Å². The summed E-state index contributed by atoms with van der Waals surface area (Å²) >= 11 is 0. The molecule has 2 N–H and O–H groups in total. The zero-order valence-electron chi connectivity index (χ0n) is 11.7. The number of hydrogen-bond acceptors (Lipinski definition) is 4. The van der Waals surface area contributed by atoms with Crippen molar-refractivity contribution in [3.8, 4) is 11.5 Å². The fourth-order valence-corrected chi connectivity index (χ4v) is 2.29. The first kappa shape index (κ1) is 14.6. The standard InChI is InChI=1S/C15H15NO5/c1-4-5-16-10-6-8(2)11(21-3)7-9(10)13(17)12(14(16)18)15(19)20/h4,6-7,17H,1,5H2,2-3H3,(H,19,20). The number of carboxylic acids is 1. The average Bonchev–Trinajstić information content (AvgIpc) is 2.42. The van der Waals surface area contributed by atoms with Crippen molar-refractivity contribution >= 4 is 16.9 Å². The van der Waals surface area contributed by atoms with Crippen molar-refractivity contribution in [1.82, 2.24) is 4.57 Å². The van der Waals surface area contributed by atoms with E-state index in [1.54, 1.807) is 13.0 Å². The number of pyridine rings is 1. The molecule has 0 aliphatic rings. The van der Waals surface area contributed by atoms with E-state index in [-0.39, 0.29) is 11.9 Å². The molecule has 21 heavy (non-hydrogen) atoms. The van der Waals surface area contributed by atoms with Crippen molar-refractivity contribution < 1.29 is 19.7 Å².